The lowest BCUT2D eigenvalue weighted by molar-refractivity contribution is 0.403. The third-order valence-corrected chi connectivity index (χ3v) is 3.60. The Hall–Kier alpha value is -2.22. The molecule has 5 heteroatoms. The minimum absolute atomic E-state index is 0.0310. The summed E-state index contributed by atoms with van der Waals surface area (Å²) in [6.45, 7) is 0.552. The second-order valence-corrected chi connectivity index (χ2v) is 5.02. The average Bonchev–Trinajstić information content (AvgIpc) is 3.00. The molecule has 0 unspecified atom stereocenters. The number of hydrogen-bond acceptors (Lipinski definition) is 4. The van der Waals surface area contributed by atoms with Gasteiger partial charge in [-0.25, -0.2) is 4.79 Å². The van der Waals surface area contributed by atoms with E-state index in [0.717, 1.165) is 18.4 Å². The first-order valence-corrected chi connectivity index (χ1v) is 5.89. The highest BCUT2D eigenvalue weighted by atomic mass is 16.4. The van der Waals surface area contributed by atoms with E-state index in [1.54, 1.807) is 22.8 Å². The van der Waals surface area contributed by atoms with Crippen LogP contribution in [0, 0.1) is 16.7 Å². The van der Waals surface area contributed by atoms with E-state index in [0.29, 0.717) is 24.2 Å². The number of nitriles is 1. The summed E-state index contributed by atoms with van der Waals surface area (Å²) in [6.07, 6.45) is 2.48. The molecule has 0 amide bonds. The van der Waals surface area contributed by atoms with Crippen LogP contribution in [0.25, 0.3) is 11.1 Å². The van der Waals surface area contributed by atoms with Crippen molar-refractivity contribution in [1.29, 1.82) is 5.26 Å². The number of nitrogens with two attached hydrogens (primary N) is 1. The summed E-state index contributed by atoms with van der Waals surface area (Å²) in [5, 5.41) is 8.81. The van der Waals surface area contributed by atoms with Gasteiger partial charge in [-0.1, -0.05) is 0 Å². The first-order chi connectivity index (χ1) is 8.63. The number of aromatic nitrogens is 1. The maximum atomic E-state index is 11.8. The quantitative estimate of drug-likeness (QED) is 0.834. The third kappa shape index (κ3) is 1.66. The van der Waals surface area contributed by atoms with E-state index in [1.807, 2.05) is 0 Å². The van der Waals surface area contributed by atoms with Gasteiger partial charge in [0.2, 0.25) is 0 Å². The summed E-state index contributed by atoms with van der Waals surface area (Å²) in [6, 6.07) is 7.38. The maximum Gasteiger partial charge on any atom is 0.419 e. The summed E-state index contributed by atoms with van der Waals surface area (Å²) in [5.41, 5.74) is 7.45. The van der Waals surface area contributed by atoms with Gasteiger partial charge in [-0.2, -0.15) is 5.26 Å². The standard InChI is InChI=1S/C13H13N3O2/c14-6-5-13(3-4-13)8-16-10-2-1-9(15)7-11(10)18-12(16)17/h1-2,7H,3-5,8,15H2. The largest absolute Gasteiger partial charge is 0.419 e. The molecule has 1 fully saturated rings. The fourth-order valence-electron chi connectivity index (χ4n) is 2.30. The smallest absolute Gasteiger partial charge is 0.408 e. The molecule has 1 aliphatic rings. The number of nitrogens with zero attached hydrogens (tertiary/aromatic N) is 2. The number of rotatable bonds is 3. The lowest BCUT2D eigenvalue weighted by Gasteiger charge is -2.10. The van der Waals surface area contributed by atoms with Crippen LogP contribution in [0.15, 0.2) is 27.4 Å². The molecule has 0 aliphatic heterocycles. The Morgan fingerprint density at radius 3 is 2.94 bits per heavy atom. The first kappa shape index (κ1) is 10.9. The van der Waals surface area contributed by atoms with Gasteiger partial charge < -0.3 is 10.2 Å². The SMILES string of the molecule is N#CCC1(Cn2c(=O)oc3cc(N)ccc32)CC1. The van der Waals surface area contributed by atoms with Crippen LogP contribution in [-0.4, -0.2) is 4.57 Å². The summed E-state index contributed by atoms with van der Waals surface area (Å²) in [4.78, 5) is 11.8. The molecule has 1 aliphatic carbocycles. The predicted molar refractivity (Wildman–Crippen MR) is 66.8 cm³/mol. The van der Waals surface area contributed by atoms with Crippen molar-refractivity contribution >= 4 is 16.8 Å². The number of hydrogen-bond donors (Lipinski definition) is 1. The minimum Gasteiger partial charge on any atom is -0.408 e. The molecule has 92 valence electrons. The van der Waals surface area contributed by atoms with Gasteiger partial charge in [0.15, 0.2) is 5.58 Å². The van der Waals surface area contributed by atoms with E-state index in [1.165, 1.54) is 0 Å². The molecule has 0 atom stereocenters. The molecule has 1 heterocycles. The van der Waals surface area contributed by atoms with Crippen molar-refractivity contribution in [2.45, 2.75) is 25.8 Å². The van der Waals surface area contributed by atoms with Gasteiger partial charge in [0.25, 0.3) is 0 Å². The second kappa shape index (κ2) is 3.64. The molecule has 5 nitrogen and oxygen atoms in total. The Bertz CT molecular complexity index is 701. The number of oxazole rings is 1. The zero-order valence-corrected chi connectivity index (χ0v) is 9.85. The van der Waals surface area contributed by atoms with E-state index in [9.17, 15) is 4.79 Å². The van der Waals surface area contributed by atoms with Gasteiger partial charge in [-0.3, -0.25) is 4.57 Å². The van der Waals surface area contributed by atoms with E-state index in [2.05, 4.69) is 6.07 Å². The minimum atomic E-state index is -0.375. The molecule has 2 aromatic rings. The highest BCUT2D eigenvalue weighted by Gasteiger charge is 2.43. The fourth-order valence-corrected chi connectivity index (χ4v) is 2.30. The van der Waals surface area contributed by atoms with Crippen molar-refractivity contribution in [3.63, 3.8) is 0 Å². The maximum absolute atomic E-state index is 11.8. The van der Waals surface area contributed by atoms with Crippen LogP contribution in [0.3, 0.4) is 0 Å². The van der Waals surface area contributed by atoms with Crippen LogP contribution in [0.4, 0.5) is 5.69 Å². The molecule has 0 radical (unpaired) electrons. The summed E-state index contributed by atoms with van der Waals surface area (Å²) >= 11 is 0. The first-order valence-electron chi connectivity index (χ1n) is 5.89. The monoisotopic (exact) mass is 243 g/mol. The fraction of sp³-hybridized carbons (Fsp3) is 0.385. The Labute approximate surface area is 103 Å². The number of nitrogen functional groups attached to an aromatic ring is 1. The van der Waals surface area contributed by atoms with Crippen LogP contribution in [0.2, 0.25) is 0 Å². The summed E-state index contributed by atoms with van der Waals surface area (Å²) < 4.78 is 6.79. The highest BCUT2D eigenvalue weighted by molar-refractivity contribution is 5.76. The molecule has 2 N–H and O–H groups in total. The van der Waals surface area contributed by atoms with Crippen LogP contribution in [0.5, 0.6) is 0 Å². The molecule has 1 aromatic carbocycles. The number of benzene rings is 1. The van der Waals surface area contributed by atoms with Gasteiger partial charge in [0.05, 0.1) is 11.6 Å². The molecular formula is C13H13N3O2. The second-order valence-electron chi connectivity index (χ2n) is 5.02. The number of anilines is 1. The predicted octanol–water partition coefficient (Wildman–Crippen LogP) is 1.87. The van der Waals surface area contributed by atoms with Crippen molar-refractivity contribution in [3.05, 3.63) is 28.7 Å². The van der Waals surface area contributed by atoms with Gasteiger partial charge in [0, 0.05) is 30.1 Å². The zero-order valence-electron chi connectivity index (χ0n) is 9.85. The molecule has 3 rings (SSSR count). The Kier molecular flexibility index (Phi) is 2.20. The van der Waals surface area contributed by atoms with Gasteiger partial charge in [0.1, 0.15) is 0 Å². The lowest BCUT2D eigenvalue weighted by atomic mass is 10.0. The van der Waals surface area contributed by atoms with Crippen molar-refractivity contribution in [2.75, 3.05) is 5.73 Å². The zero-order chi connectivity index (χ0) is 12.8. The third-order valence-electron chi connectivity index (χ3n) is 3.60. The van der Waals surface area contributed by atoms with E-state index in [-0.39, 0.29) is 11.2 Å². The van der Waals surface area contributed by atoms with E-state index >= 15 is 0 Å². The van der Waals surface area contributed by atoms with Crippen LogP contribution >= 0.6 is 0 Å². The normalized spacial score (nSPS) is 16.6. The Morgan fingerprint density at radius 1 is 1.50 bits per heavy atom. The topological polar surface area (TPSA) is 85.0 Å². The Balaban J connectivity index is 2.05. The molecule has 1 aromatic heterocycles. The molecule has 0 saturated heterocycles. The van der Waals surface area contributed by atoms with Crippen molar-refractivity contribution in [2.24, 2.45) is 5.41 Å². The molecule has 18 heavy (non-hydrogen) atoms. The molecular weight excluding hydrogens is 230 g/mol. The van der Waals surface area contributed by atoms with E-state index < -0.39 is 0 Å². The Morgan fingerprint density at radius 2 is 2.28 bits per heavy atom. The van der Waals surface area contributed by atoms with Crippen molar-refractivity contribution < 1.29 is 4.42 Å². The average molecular weight is 243 g/mol. The summed E-state index contributed by atoms with van der Waals surface area (Å²) in [5.74, 6) is -0.375. The van der Waals surface area contributed by atoms with Crippen molar-refractivity contribution in [1.82, 2.24) is 4.57 Å². The molecule has 0 spiro atoms. The van der Waals surface area contributed by atoms with E-state index in [4.69, 9.17) is 15.4 Å². The van der Waals surface area contributed by atoms with Crippen LogP contribution in [-0.2, 0) is 6.54 Å². The summed E-state index contributed by atoms with van der Waals surface area (Å²) in [7, 11) is 0. The van der Waals surface area contributed by atoms with Crippen LogP contribution < -0.4 is 11.5 Å². The number of fused-ring (bicyclic) bond motifs is 1. The highest BCUT2D eigenvalue weighted by Crippen LogP contribution is 2.50. The van der Waals surface area contributed by atoms with Crippen molar-refractivity contribution in [3.8, 4) is 6.07 Å². The van der Waals surface area contributed by atoms with Gasteiger partial charge in [-0.15, -0.1) is 0 Å². The van der Waals surface area contributed by atoms with Gasteiger partial charge >= 0.3 is 5.76 Å². The van der Waals surface area contributed by atoms with Crippen LogP contribution in [0.1, 0.15) is 19.3 Å². The molecule has 0 bridgehead atoms. The molecule has 1 saturated carbocycles. The lowest BCUT2D eigenvalue weighted by Crippen LogP contribution is -2.20. The van der Waals surface area contributed by atoms with Gasteiger partial charge in [-0.05, 0) is 25.0 Å².